The Morgan fingerprint density at radius 2 is 2.10 bits per heavy atom. The van der Waals surface area contributed by atoms with Crippen LogP contribution < -0.4 is 0 Å². The summed E-state index contributed by atoms with van der Waals surface area (Å²) < 4.78 is 27.3. The summed E-state index contributed by atoms with van der Waals surface area (Å²) in [5, 5.41) is 9.09. The van der Waals surface area contributed by atoms with Crippen molar-refractivity contribution in [3.8, 4) is 0 Å². The highest BCUT2D eigenvalue weighted by atomic mass is 32.2. The van der Waals surface area contributed by atoms with Crippen molar-refractivity contribution in [2.45, 2.75) is 50.5 Å². The van der Waals surface area contributed by atoms with Gasteiger partial charge in [-0.05, 0) is 43.4 Å². The van der Waals surface area contributed by atoms with Gasteiger partial charge in [-0.3, -0.25) is 0 Å². The van der Waals surface area contributed by atoms with Gasteiger partial charge in [0.05, 0.1) is 10.5 Å². The van der Waals surface area contributed by atoms with E-state index in [1.165, 1.54) is 16.4 Å². The third-order valence-electron chi connectivity index (χ3n) is 4.08. The number of hydrogen-bond acceptors (Lipinski definition) is 3. The lowest BCUT2D eigenvalue weighted by molar-refractivity contribution is 0.0696. The molecule has 0 aromatic heterocycles. The highest BCUT2D eigenvalue weighted by Gasteiger charge is 2.35. The summed E-state index contributed by atoms with van der Waals surface area (Å²) in [6.45, 7) is 4.37. The molecule has 21 heavy (non-hydrogen) atoms. The molecule has 6 heteroatoms. The standard InChI is InChI=1S/C15H21NO4S/c1-3-11-7-8-12(15(17)18)10-14(11)21(19,20)16-9-5-6-13(16)4-2/h7-8,10,13H,3-6,9H2,1-2H3,(H,17,18). The van der Waals surface area contributed by atoms with Crippen LogP contribution in [0.2, 0.25) is 0 Å². The highest BCUT2D eigenvalue weighted by molar-refractivity contribution is 7.89. The molecule has 1 heterocycles. The summed E-state index contributed by atoms with van der Waals surface area (Å²) in [4.78, 5) is 11.3. The number of sulfonamides is 1. The monoisotopic (exact) mass is 311 g/mol. The van der Waals surface area contributed by atoms with Crippen molar-refractivity contribution >= 4 is 16.0 Å². The Morgan fingerprint density at radius 1 is 1.38 bits per heavy atom. The van der Waals surface area contributed by atoms with Gasteiger partial charge >= 0.3 is 5.97 Å². The zero-order valence-electron chi connectivity index (χ0n) is 12.4. The van der Waals surface area contributed by atoms with E-state index in [1.807, 2.05) is 13.8 Å². The molecule has 1 saturated heterocycles. The van der Waals surface area contributed by atoms with Gasteiger partial charge in [-0.15, -0.1) is 0 Å². The average molecular weight is 311 g/mol. The maximum Gasteiger partial charge on any atom is 0.335 e. The predicted octanol–water partition coefficient (Wildman–Crippen LogP) is 2.51. The summed E-state index contributed by atoms with van der Waals surface area (Å²) in [5.74, 6) is -1.11. The van der Waals surface area contributed by atoms with Gasteiger partial charge in [0, 0.05) is 12.6 Å². The Hall–Kier alpha value is -1.40. The number of nitrogens with zero attached hydrogens (tertiary/aromatic N) is 1. The lowest BCUT2D eigenvalue weighted by atomic mass is 10.1. The quantitative estimate of drug-likeness (QED) is 0.906. The summed E-state index contributed by atoms with van der Waals surface area (Å²) in [6, 6.07) is 4.38. The van der Waals surface area contributed by atoms with Gasteiger partial charge in [0.15, 0.2) is 0 Å². The van der Waals surface area contributed by atoms with Crippen molar-refractivity contribution in [3.05, 3.63) is 29.3 Å². The van der Waals surface area contributed by atoms with E-state index in [2.05, 4.69) is 0 Å². The van der Waals surface area contributed by atoms with E-state index >= 15 is 0 Å². The van der Waals surface area contributed by atoms with Crippen LogP contribution >= 0.6 is 0 Å². The molecule has 0 aliphatic carbocycles. The van der Waals surface area contributed by atoms with Crippen molar-refractivity contribution < 1.29 is 18.3 Å². The SMILES string of the molecule is CCc1ccc(C(=O)O)cc1S(=O)(=O)N1CCCC1CC. The third kappa shape index (κ3) is 2.96. The fourth-order valence-electron chi connectivity index (χ4n) is 2.88. The number of aromatic carboxylic acids is 1. The minimum Gasteiger partial charge on any atom is -0.478 e. The van der Waals surface area contributed by atoms with Crippen LogP contribution in [0.3, 0.4) is 0 Å². The molecule has 1 aromatic carbocycles. The number of aryl methyl sites for hydroxylation is 1. The summed E-state index contributed by atoms with van der Waals surface area (Å²) in [6.07, 6.45) is 3.06. The molecule has 1 fully saturated rings. The van der Waals surface area contributed by atoms with E-state index in [9.17, 15) is 13.2 Å². The fraction of sp³-hybridized carbons (Fsp3) is 0.533. The van der Waals surface area contributed by atoms with Crippen molar-refractivity contribution in [1.29, 1.82) is 0 Å². The smallest absolute Gasteiger partial charge is 0.335 e. The molecule has 2 rings (SSSR count). The van der Waals surface area contributed by atoms with Gasteiger partial charge < -0.3 is 5.11 Å². The number of carboxylic acid groups (broad SMARTS) is 1. The van der Waals surface area contributed by atoms with Gasteiger partial charge in [0.2, 0.25) is 10.0 Å². The second kappa shape index (κ2) is 6.15. The van der Waals surface area contributed by atoms with E-state index in [0.29, 0.717) is 18.5 Å². The second-order valence-electron chi connectivity index (χ2n) is 5.30. The molecule has 1 aliphatic heterocycles. The van der Waals surface area contributed by atoms with Crippen LogP contribution in [0.1, 0.15) is 49.0 Å². The Labute approximate surface area is 125 Å². The molecule has 1 aromatic rings. The van der Waals surface area contributed by atoms with E-state index in [4.69, 9.17) is 5.11 Å². The predicted molar refractivity (Wildman–Crippen MR) is 80.0 cm³/mol. The number of hydrogen-bond donors (Lipinski definition) is 1. The Morgan fingerprint density at radius 3 is 2.67 bits per heavy atom. The maximum absolute atomic E-state index is 12.9. The topological polar surface area (TPSA) is 74.7 Å². The first-order valence-corrected chi connectivity index (χ1v) is 8.73. The minimum atomic E-state index is -3.63. The third-order valence-corrected chi connectivity index (χ3v) is 6.11. The largest absolute Gasteiger partial charge is 0.478 e. The zero-order valence-corrected chi connectivity index (χ0v) is 13.2. The minimum absolute atomic E-state index is 0.0121. The van der Waals surface area contributed by atoms with Crippen LogP contribution in [0.25, 0.3) is 0 Å². The molecule has 0 amide bonds. The number of carboxylic acids is 1. The first kappa shape index (κ1) is 16.0. The second-order valence-corrected chi connectivity index (χ2v) is 7.16. The molecular formula is C15H21NO4S. The lowest BCUT2D eigenvalue weighted by Gasteiger charge is -2.24. The Kier molecular flexibility index (Phi) is 4.68. The number of benzene rings is 1. The van der Waals surface area contributed by atoms with Gasteiger partial charge in [-0.25, -0.2) is 13.2 Å². The first-order chi connectivity index (χ1) is 9.91. The van der Waals surface area contributed by atoms with Crippen LogP contribution in [0.4, 0.5) is 0 Å². The van der Waals surface area contributed by atoms with Crippen LogP contribution in [-0.4, -0.2) is 36.4 Å². The molecule has 1 N–H and O–H groups in total. The molecule has 0 saturated carbocycles. The van der Waals surface area contributed by atoms with Gasteiger partial charge in [-0.1, -0.05) is 19.9 Å². The number of rotatable bonds is 5. The lowest BCUT2D eigenvalue weighted by Crippen LogP contribution is -2.35. The Balaban J connectivity index is 2.52. The highest BCUT2D eigenvalue weighted by Crippen LogP contribution is 2.30. The van der Waals surface area contributed by atoms with Crippen LogP contribution in [-0.2, 0) is 16.4 Å². The first-order valence-electron chi connectivity index (χ1n) is 7.29. The summed E-state index contributed by atoms with van der Waals surface area (Å²) in [5.41, 5.74) is 0.680. The normalized spacial score (nSPS) is 19.8. The van der Waals surface area contributed by atoms with Crippen LogP contribution in [0.5, 0.6) is 0 Å². The Bertz CT molecular complexity index is 639. The van der Waals surface area contributed by atoms with E-state index in [-0.39, 0.29) is 16.5 Å². The molecule has 1 unspecified atom stereocenters. The summed E-state index contributed by atoms with van der Waals surface area (Å²) in [7, 11) is -3.63. The summed E-state index contributed by atoms with van der Waals surface area (Å²) >= 11 is 0. The maximum atomic E-state index is 12.9. The molecular weight excluding hydrogens is 290 g/mol. The molecule has 5 nitrogen and oxygen atoms in total. The fourth-order valence-corrected chi connectivity index (χ4v) is 4.97. The van der Waals surface area contributed by atoms with Crippen molar-refractivity contribution in [1.82, 2.24) is 4.31 Å². The molecule has 0 radical (unpaired) electrons. The molecule has 0 bridgehead atoms. The van der Waals surface area contributed by atoms with Crippen LogP contribution in [0.15, 0.2) is 23.1 Å². The van der Waals surface area contributed by atoms with Gasteiger partial charge in [-0.2, -0.15) is 4.31 Å². The van der Waals surface area contributed by atoms with Crippen LogP contribution in [0, 0.1) is 0 Å². The number of carbonyl (C=O) groups is 1. The van der Waals surface area contributed by atoms with Gasteiger partial charge in [0.1, 0.15) is 0 Å². The van der Waals surface area contributed by atoms with Crippen molar-refractivity contribution in [2.24, 2.45) is 0 Å². The van der Waals surface area contributed by atoms with E-state index in [1.54, 1.807) is 6.07 Å². The molecule has 116 valence electrons. The van der Waals surface area contributed by atoms with Crippen molar-refractivity contribution in [2.75, 3.05) is 6.54 Å². The van der Waals surface area contributed by atoms with E-state index < -0.39 is 16.0 Å². The van der Waals surface area contributed by atoms with E-state index in [0.717, 1.165) is 19.3 Å². The van der Waals surface area contributed by atoms with Gasteiger partial charge in [0.25, 0.3) is 0 Å². The molecule has 0 spiro atoms. The van der Waals surface area contributed by atoms with Crippen molar-refractivity contribution in [3.63, 3.8) is 0 Å². The molecule has 1 aliphatic rings. The molecule has 1 atom stereocenters. The zero-order chi connectivity index (χ0) is 15.6. The average Bonchev–Trinajstić information content (AvgIpc) is 2.95.